The maximum atomic E-state index is 9.10. The van der Waals surface area contributed by atoms with Crippen LogP contribution in [0.25, 0.3) is 0 Å². The van der Waals surface area contributed by atoms with Gasteiger partial charge < -0.3 is 19.8 Å². The van der Waals surface area contributed by atoms with Crippen molar-refractivity contribution in [3.63, 3.8) is 0 Å². The molecular weight excluding hydrogens is 164 g/mol. The Labute approximate surface area is 56.1 Å². The fourth-order valence-electron chi connectivity index (χ4n) is 0. The van der Waals surface area contributed by atoms with E-state index in [0.717, 1.165) is 0 Å². The van der Waals surface area contributed by atoms with E-state index >= 15 is 0 Å². The van der Waals surface area contributed by atoms with Crippen LogP contribution in [0, 0.1) is 0 Å². The molecular formula is C2H4O7Si. The Bertz CT molecular complexity index is 134. The van der Waals surface area contributed by atoms with Crippen LogP contribution in [-0.4, -0.2) is 40.9 Å². The minimum Gasteiger partial charge on any atom is -0.511 e. The SMILES string of the molecule is O=C(O)C(=O)O.O=[Si](O)O. The van der Waals surface area contributed by atoms with Crippen molar-refractivity contribution in [2.24, 2.45) is 0 Å². The second-order valence-corrected chi connectivity index (χ2v) is 1.46. The zero-order valence-corrected chi connectivity index (χ0v) is 5.51. The van der Waals surface area contributed by atoms with Gasteiger partial charge in [0, 0.05) is 0 Å². The van der Waals surface area contributed by atoms with Gasteiger partial charge in [-0.05, 0) is 0 Å². The van der Waals surface area contributed by atoms with Gasteiger partial charge >= 0.3 is 21.1 Å². The van der Waals surface area contributed by atoms with Crippen LogP contribution < -0.4 is 0 Å². The molecule has 7 nitrogen and oxygen atoms in total. The molecule has 0 aromatic rings. The molecule has 0 spiro atoms. The summed E-state index contributed by atoms with van der Waals surface area (Å²) in [5, 5.41) is 14.8. The minimum absolute atomic E-state index is 1.82. The number of hydrogen-bond acceptors (Lipinski definition) is 3. The number of rotatable bonds is 0. The number of carboxylic acid groups (broad SMARTS) is 2. The number of hydrogen-bond donors (Lipinski definition) is 4. The Kier molecular flexibility index (Phi) is 6.47. The van der Waals surface area contributed by atoms with E-state index < -0.39 is 21.1 Å². The monoisotopic (exact) mass is 168 g/mol. The van der Waals surface area contributed by atoms with Gasteiger partial charge in [-0.2, -0.15) is 0 Å². The smallest absolute Gasteiger partial charge is 0.511 e. The summed E-state index contributed by atoms with van der Waals surface area (Å²) < 4.78 is 8.74. The van der Waals surface area contributed by atoms with Crippen LogP contribution in [0.1, 0.15) is 0 Å². The van der Waals surface area contributed by atoms with Crippen LogP contribution in [0.4, 0.5) is 0 Å². The van der Waals surface area contributed by atoms with Crippen molar-refractivity contribution < 1.29 is 33.9 Å². The molecule has 0 aromatic heterocycles. The highest BCUT2D eigenvalue weighted by Crippen LogP contribution is 1.56. The topological polar surface area (TPSA) is 132 Å². The van der Waals surface area contributed by atoms with E-state index in [2.05, 4.69) is 0 Å². The molecule has 0 radical (unpaired) electrons. The summed E-state index contributed by atoms with van der Waals surface area (Å²) in [5.74, 6) is -3.65. The molecule has 0 saturated heterocycles. The Balaban J connectivity index is 0. The molecule has 0 aliphatic carbocycles. The molecule has 4 N–H and O–H groups in total. The van der Waals surface area contributed by atoms with Crippen molar-refractivity contribution in [2.45, 2.75) is 0 Å². The predicted octanol–water partition coefficient (Wildman–Crippen LogP) is -2.46. The van der Waals surface area contributed by atoms with Gasteiger partial charge in [0.25, 0.3) is 0 Å². The van der Waals surface area contributed by atoms with Crippen molar-refractivity contribution in [1.29, 1.82) is 0 Å². The van der Waals surface area contributed by atoms with Crippen molar-refractivity contribution in [2.75, 3.05) is 0 Å². The molecule has 0 rings (SSSR count). The van der Waals surface area contributed by atoms with E-state index in [-0.39, 0.29) is 0 Å². The lowest BCUT2D eigenvalue weighted by Crippen LogP contribution is -2.09. The molecule has 0 aliphatic heterocycles. The Morgan fingerprint density at radius 1 is 1.00 bits per heavy atom. The third kappa shape index (κ3) is 31.0. The number of carboxylic acids is 2. The zero-order chi connectivity index (χ0) is 8.73. The average Bonchev–Trinajstić information content (AvgIpc) is 1.63. The van der Waals surface area contributed by atoms with E-state index in [1.54, 1.807) is 0 Å². The molecule has 58 valence electrons. The fraction of sp³-hybridized carbons (Fsp3) is 0. The lowest BCUT2D eigenvalue weighted by molar-refractivity contribution is -0.159. The van der Waals surface area contributed by atoms with Crippen molar-refractivity contribution in [3.8, 4) is 0 Å². The molecule has 0 aliphatic rings. The van der Waals surface area contributed by atoms with E-state index in [1.165, 1.54) is 0 Å². The second kappa shape index (κ2) is 5.69. The average molecular weight is 168 g/mol. The van der Waals surface area contributed by atoms with Crippen molar-refractivity contribution in [1.82, 2.24) is 0 Å². The molecule has 8 heteroatoms. The van der Waals surface area contributed by atoms with Gasteiger partial charge in [0.15, 0.2) is 0 Å². The highest BCUT2D eigenvalue weighted by atomic mass is 28.3. The van der Waals surface area contributed by atoms with E-state index in [4.69, 9.17) is 33.9 Å². The summed E-state index contributed by atoms with van der Waals surface area (Å²) in [5.41, 5.74) is 0. The molecule has 0 heterocycles. The van der Waals surface area contributed by atoms with Gasteiger partial charge in [-0.15, -0.1) is 0 Å². The fourth-order valence-corrected chi connectivity index (χ4v) is 0. The lowest BCUT2D eigenvalue weighted by atomic mass is 10.7. The van der Waals surface area contributed by atoms with E-state index in [0.29, 0.717) is 0 Å². The predicted molar refractivity (Wildman–Crippen MR) is 26.1 cm³/mol. The van der Waals surface area contributed by atoms with Crippen LogP contribution in [0.2, 0.25) is 0 Å². The molecule has 0 unspecified atom stereocenters. The normalized spacial score (nSPS) is 6.80. The summed E-state index contributed by atoms with van der Waals surface area (Å²) in [7, 11) is -3.13. The minimum atomic E-state index is -3.13. The summed E-state index contributed by atoms with van der Waals surface area (Å²) in [6, 6.07) is 0. The zero-order valence-electron chi connectivity index (χ0n) is 4.51. The van der Waals surface area contributed by atoms with Crippen molar-refractivity contribution in [3.05, 3.63) is 0 Å². The molecule has 0 atom stereocenters. The van der Waals surface area contributed by atoms with Crippen LogP contribution in [0.15, 0.2) is 0 Å². The Hall–Kier alpha value is -1.44. The number of carbonyl (C=O) groups is 2. The van der Waals surface area contributed by atoms with Crippen LogP contribution in [-0.2, 0) is 14.1 Å². The lowest BCUT2D eigenvalue weighted by Gasteiger charge is -1.72. The highest BCUT2D eigenvalue weighted by Gasteiger charge is 2.04. The highest BCUT2D eigenvalue weighted by molar-refractivity contribution is 6.27. The largest absolute Gasteiger partial charge is 0.761 e. The Morgan fingerprint density at radius 2 is 1.10 bits per heavy atom. The maximum Gasteiger partial charge on any atom is 0.761 e. The van der Waals surface area contributed by atoms with Gasteiger partial charge in [-0.1, -0.05) is 0 Å². The molecule has 10 heavy (non-hydrogen) atoms. The van der Waals surface area contributed by atoms with E-state index in [1.807, 2.05) is 0 Å². The number of aliphatic carboxylic acids is 2. The first-order valence-corrected chi connectivity index (χ1v) is 3.06. The summed E-state index contributed by atoms with van der Waals surface area (Å²) >= 11 is 0. The first-order chi connectivity index (χ1) is 4.37. The molecule has 0 saturated carbocycles. The summed E-state index contributed by atoms with van der Waals surface area (Å²) in [6.07, 6.45) is 0. The van der Waals surface area contributed by atoms with Crippen LogP contribution in [0.3, 0.4) is 0 Å². The standard InChI is InChI=1S/C2H2O4.H2O3Si/c3-1(4)2(5)6;1-4(2)3/h(H,3,4)(H,5,6);1-2H. The van der Waals surface area contributed by atoms with Gasteiger partial charge in [-0.25, -0.2) is 9.59 Å². The first kappa shape index (κ1) is 11.4. The second-order valence-electron chi connectivity index (χ2n) is 0.893. The molecule has 0 aromatic carbocycles. The molecule has 0 amide bonds. The molecule has 0 bridgehead atoms. The van der Waals surface area contributed by atoms with Gasteiger partial charge in [0.1, 0.15) is 0 Å². The van der Waals surface area contributed by atoms with Gasteiger partial charge in [0.2, 0.25) is 0 Å². The quantitative estimate of drug-likeness (QED) is 0.233. The van der Waals surface area contributed by atoms with Gasteiger partial charge in [-0.3, -0.25) is 4.46 Å². The van der Waals surface area contributed by atoms with Crippen molar-refractivity contribution >= 4 is 21.1 Å². The van der Waals surface area contributed by atoms with Crippen LogP contribution in [0.5, 0.6) is 0 Å². The molecule has 0 fully saturated rings. The van der Waals surface area contributed by atoms with Crippen LogP contribution >= 0.6 is 0 Å². The Morgan fingerprint density at radius 3 is 1.10 bits per heavy atom. The maximum absolute atomic E-state index is 9.10. The third-order valence-corrected chi connectivity index (χ3v) is 0.183. The van der Waals surface area contributed by atoms with Gasteiger partial charge in [0.05, 0.1) is 0 Å². The van der Waals surface area contributed by atoms with E-state index in [9.17, 15) is 0 Å². The summed E-state index contributed by atoms with van der Waals surface area (Å²) in [4.78, 5) is 32.5. The first-order valence-electron chi connectivity index (χ1n) is 1.76. The summed E-state index contributed by atoms with van der Waals surface area (Å²) in [6.45, 7) is 0. The third-order valence-electron chi connectivity index (χ3n) is 0.183.